The Balaban J connectivity index is 3.10. The standard InChI is InChI=1S/C12H24O2/c1-3-4-5-6-7-9-12(13)10-8-11-14-2/h3-11H2,1-2H3. The van der Waals surface area contributed by atoms with E-state index in [1.165, 1.54) is 25.7 Å². The number of hydrogen-bond donors (Lipinski definition) is 0. The van der Waals surface area contributed by atoms with Crippen LogP contribution in [0.5, 0.6) is 0 Å². The Hall–Kier alpha value is -0.370. The van der Waals surface area contributed by atoms with Crippen LogP contribution in [0.4, 0.5) is 0 Å². The third kappa shape index (κ3) is 9.72. The highest BCUT2D eigenvalue weighted by Crippen LogP contribution is 2.07. The Bertz CT molecular complexity index is 132. The van der Waals surface area contributed by atoms with Gasteiger partial charge in [0.15, 0.2) is 0 Å². The second-order valence-electron chi connectivity index (χ2n) is 3.80. The van der Waals surface area contributed by atoms with E-state index in [0.29, 0.717) is 18.8 Å². The maximum absolute atomic E-state index is 11.3. The monoisotopic (exact) mass is 200 g/mol. The van der Waals surface area contributed by atoms with Crippen LogP contribution in [0.1, 0.15) is 58.3 Å². The second-order valence-corrected chi connectivity index (χ2v) is 3.80. The molecule has 0 aliphatic heterocycles. The summed E-state index contributed by atoms with van der Waals surface area (Å²) >= 11 is 0. The predicted octanol–water partition coefficient (Wildman–Crippen LogP) is 3.34. The van der Waals surface area contributed by atoms with Gasteiger partial charge in [-0.3, -0.25) is 4.79 Å². The summed E-state index contributed by atoms with van der Waals surface area (Å²) in [6, 6.07) is 0. The molecule has 0 saturated heterocycles. The summed E-state index contributed by atoms with van der Waals surface area (Å²) in [5.74, 6) is 0.401. The van der Waals surface area contributed by atoms with Crippen LogP contribution in [-0.4, -0.2) is 19.5 Å². The van der Waals surface area contributed by atoms with Crippen molar-refractivity contribution in [3.05, 3.63) is 0 Å². The van der Waals surface area contributed by atoms with Crippen molar-refractivity contribution in [2.75, 3.05) is 13.7 Å². The van der Waals surface area contributed by atoms with Crippen LogP contribution >= 0.6 is 0 Å². The van der Waals surface area contributed by atoms with E-state index in [9.17, 15) is 4.79 Å². The largest absolute Gasteiger partial charge is 0.385 e. The minimum absolute atomic E-state index is 0.401. The van der Waals surface area contributed by atoms with E-state index < -0.39 is 0 Å². The molecule has 0 aliphatic rings. The molecule has 0 amide bonds. The van der Waals surface area contributed by atoms with Gasteiger partial charge in [0.2, 0.25) is 0 Å². The number of rotatable bonds is 10. The van der Waals surface area contributed by atoms with Crippen LogP contribution in [0, 0.1) is 0 Å². The highest BCUT2D eigenvalue weighted by Gasteiger charge is 2.00. The molecule has 2 nitrogen and oxygen atoms in total. The number of Topliss-reactive ketones (excluding diaryl/α,β-unsaturated/α-hetero) is 1. The van der Waals surface area contributed by atoms with Crippen molar-refractivity contribution in [1.29, 1.82) is 0 Å². The molecule has 84 valence electrons. The van der Waals surface area contributed by atoms with Gasteiger partial charge in [0.1, 0.15) is 5.78 Å². The molecule has 0 bridgehead atoms. The molecule has 2 heteroatoms. The van der Waals surface area contributed by atoms with E-state index in [1.54, 1.807) is 7.11 Å². The van der Waals surface area contributed by atoms with Gasteiger partial charge in [-0.25, -0.2) is 0 Å². The minimum Gasteiger partial charge on any atom is -0.385 e. The minimum atomic E-state index is 0.401. The van der Waals surface area contributed by atoms with Crippen molar-refractivity contribution in [2.24, 2.45) is 0 Å². The molecule has 0 aromatic carbocycles. The third-order valence-corrected chi connectivity index (χ3v) is 2.36. The fraction of sp³-hybridized carbons (Fsp3) is 0.917. The van der Waals surface area contributed by atoms with Gasteiger partial charge in [0.25, 0.3) is 0 Å². The Morgan fingerprint density at radius 1 is 1.00 bits per heavy atom. The normalized spacial score (nSPS) is 10.4. The highest BCUT2D eigenvalue weighted by atomic mass is 16.5. The first-order valence-electron chi connectivity index (χ1n) is 5.82. The summed E-state index contributed by atoms with van der Waals surface area (Å²) in [6.45, 7) is 2.91. The van der Waals surface area contributed by atoms with Gasteiger partial charge in [0.05, 0.1) is 0 Å². The molecule has 0 N–H and O–H groups in total. The maximum Gasteiger partial charge on any atom is 0.132 e. The van der Waals surface area contributed by atoms with Crippen molar-refractivity contribution < 1.29 is 9.53 Å². The lowest BCUT2D eigenvalue weighted by atomic mass is 10.1. The van der Waals surface area contributed by atoms with Crippen molar-refractivity contribution in [1.82, 2.24) is 0 Å². The molecule has 0 saturated carbocycles. The average molecular weight is 200 g/mol. The van der Waals surface area contributed by atoms with Crippen LogP contribution < -0.4 is 0 Å². The molecular weight excluding hydrogens is 176 g/mol. The lowest BCUT2D eigenvalue weighted by Gasteiger charge is -2.00. The molecule has 14 heavy (non-hydrogen) atoms. The summed E-state index contributed by atoms with van der Waals surface area (Å²) in [5.41, 5.74) is 0. The van der Waals surface area contributed by atoms with Crippen molar-refractivity contribution in [3.8, 4) is 0 Å². The summed E-state index contributed by atoms with van der Waals surface area (Å²) in [5, 5.41) is 0. The Labute approximate surface area is 88.0 Å². The second kappa shape index (κ2) is 10.7. The molecule has 0 aromatic heterocycles. The summed E-state index contributed by atoms with van der Waals surface area (Å²) in [7, 11) is 1.68. The summed E-state index contributed by atoms with van der Waals surface area (Å²) in [6.07, 6.45) is 8.48. The zero-order valence-electron chi connectivity index (χ0n) is 9.68. The lowest BCUT2D eigenvalue weighted by molar-refractivity contribution is -0.119. The molecule has 0 spiro atoms. The molecule has 0 radical (unpaired) electrons. The first kappa shape index (κ1) is 13.6. The Kier molecular flexibility index (Phi) is 10.4. The SMILES string of the molecule is CCCCCCCC(=O)CCCOC. The van der Waals surface area contributed by atoms with Crippen molar-refractivity contribution >= 4 is 5.78 Å². The molecule has 0 fully saturated rings. The van der Waals surface area contributed by atoms with E-state index in [4.69, 9.17) is 4.74 Å². The Morgan fingerprint density at radius 2 is 1.64 bits per heavy atom. The van der Waals surface area contributed by atoms with Gasteiger partial charge >= 0.3 is 0 Å². The van der Waals surface area contributed by atoms with E-state index in [0.717, 1.165) is 19.3 Å². The fourth-order valence-corrected chi connectivity index (χ4v) is 1.46. The number of ether oxygens (including phenoxy) is 1. The molecule has 0 atom stereocenters. The zero-order valence-corrected chi connectivity index (χ0v) is 9.68. The smallest absolute Gasteiger partial charge is 0.132 e. The zero-order chi connectivity index (χ0) is 10.6. The maximum atomic E-state index is 11.3. The van der Waals surface area contributed by atoms with E-state index in [-0.39, 0.29) is 0 Å². The van der Waals surface area contributed by atoms with Crippen LogP contribution in [0.25, 0.3) is 0 Å². The van der Waals surface area contributed by atoms with Gasteiger partial charge in [-0.1, -0.05) is 32.6 Å². The Morgan fingerprint density at radius 3 is 2.29 bits per heavy atom. The third-order valence-electron chi connectivity index (χ3n) is 2.36. The predicted molar refractivity (Wildman–Crippen MR) is 59.5 cm³/mol. The van der Waals surface area contributed by atoms with Gasteiger partial charge in [-0.05, 0) is 12.8 Å². The quantitative estimate of drug-likeness (QED) is 0.505. The molecule has 0 unspecified atom stereocenters. The van der Waals surface area contributed by atoms with Gasteiger partial charge < -0.3 is 4.74 Å². The van der Waals surface area contributed by atoms with E-state index in [1.807, 2.05) is 0 Å². The van der Waals surface area contributed by atoms with Gasteiger partial charge in [-0.15, -0.1) is 0 Å². The average Bonchev–Trinajstić information content (AvgIpc) is 2.18. The molecule has 0 aliphatic carbocycles. The van der Waals surface area contributed by atoms with Crippen LogP contribution in [0.3, 0.4) is 0 Å². The van der Waals surface area contributed by atoms with Gasteiger partial charge in [-0.2, -0.15) is 0 Å². The summed E-state index contributed by atoms with van der Waals surface area (Å²) < 4.78 is 4.90. The number of hydrogen-bond acceptors (Lipinski definition) is 2. The molecule has 0 aromatic rings. The van der Waals surface area contributed by atoms with Crippen LogP contribution in [0.15, 0.2) is 0 Å². The number of unbranched alkanes of at least 4 members (excludes halogenated alkanes) is 4. The van der Waals surface area contributed by atoms with Crippen LogP contribution in [0.2, 0.25) is 0 Å². The molecule has 0 heterocycles. The van der Waals surface area contributed by atoms with Gasteiger partial charge in [0, 0.05) is 26.6 Å². The van der Waals surface area contributed by atoms with Crippen molar-refractivity contribution in [3.63, 3.8) is 0 Å². The fourth-order valence-electron chi connectivity index (χ4n) is 1.46. The number of carbonyl (C=O) groups is 1. The lowest BCUT2D eigenvalue weighted by Crippen LogP contribution is -2.00. The molecule has 0 rings (SSSR count). The first-order chi connectivity index (χ1) is 6.81. The van der Waals surface area contributed by atoms with Crippen LogP contribution in [-0.2, 0) is 9.53 Å². The van der Waals surface area contributed by atoms with E-state index >= 15 is 0 Å². The summed E-state index contributed by atoms with van der Waals surface area (Å²) in [4.78, 5) is 11.3. The highest BCUT2D eigenvalue weighted by molar-refractivity contribution is 5.78. The van der Waals surface area contributed by atoms with Crippen molar-refractivity contribution in [2.45, 2.75) is 58.3 Å². The number of methoxy groups -OCH3 is 1. The number of carbonyl (C=O) groups excluding carboxylic acids is 1. The van der Waals surface area contributed by atoms with E-state index in [2.05, 4.69) is 6.92 Å². The molecular formula is C12H24O2. The first-order valence-corrected chi connectivity index (χ1v) is 5.82. The topological polar surface area (TPSA) is 26.3 Å². The number of ketones is 1.